The molecule has 0 saturated heterocycles. The highest BCUT2D eigenvalue weighted by Gasteiger charge is 1.93. The largest absolute Gasteiger partial charge is 0.381 e. The average molecular weight is 268 g/mol. The van der Waals surface area contributed by atoms with Crippen LogP contribution in [0.4, 0.5) is 0 Å². The SMILES string of the molecule is C=CCCOCCCCCCCCCCOCC=C. The van der Waals surface area contributed by atoms with Crippen molar-refractivity contribution in [1.82, 2.24) is 0 Å². The molecule has 2 nitrogen and oxygen atoms in total. The number of hydrogen-bond acceptors (Lipinski definition) is 2. The van der Waals surface area contributed by atoms with E-state index in [2.05, 4.69) is 13.2 Å². The molecule has 112 valence electrons. The zero-order valence-corrected chi connectivity index (χ0v) is 12.6. The van der Waals surface area contributed by atoms with Crippen molar-refractivity contribution >= 4 is 0 Å². The molecule has 0 aromatic carbocycles. The van der Waals surface area contributed by atoms with Gasteiger partial charge in [-0.15, -0.1) is 13.2 Å². The molecule has 0 unspecified atom stereocenters. The number of ether oxygens (including phenoxy) is 2. The van der Waals surface area contributed by atoms with Gasteiger partial charge in [0.25, 0.3) is 0 Å². The van der Waals surface area contributed by atoms with Gasteiger partial charge in [0, 0.05) is 19.8 Å². The van der Waals surface area contributed by atoms with Gasteiger partial charge in [-0.25, -0.2) is 0 Å². The predicted molar refractivity (Wildman–Crippen MR) is 83.6 cm³/mol. The van der Waals surface area contributed by atoms with Crippen LogP contribution in [0.2, 0.25) is 0 Å². The smallest absolute Gasteiger partial charge is 0.0644 e. The minimum atomic E-state index is 0.689. The van der Waals surface area contributed by atoms with Crippen molar-refractivity contribution < 1.29 is 9.47 Å². The van der Waals surface area contributed by atoms with Gasteiger partial charge in [-0.1, -0.05) is 50.7 Å². The van der Waals surface area contributed by atoms with Crippen LogP contribution < -0.4 is 0 Å². The van der Waals surface area contributed by atoms with Crippen molar-refractivity contribution in [3.05, 3.63) is 25.3 Å². The maximum Gasteiger partial charge on any atom is 0.0644 e. The molecule has 0 aromatic rings. The summed E-state index contributed by atoms with van der Waals surface area (Å²) >= 11 is 0. The summed E-state index contributed by atoms with van der Waals surface area (Å²) < 4.78 is 10.8. The summed E-state index contributed by atoms with van der Waals surface area (Å²) in [6, 6.07) is 0. The van der Waals surface area contributed by atoms with Crippen molar-refractivity contribution in [3.8, 4) is 0 Å². The molecule has 0 saturated carbocycles. The Kier molecular flexibility index (Phi) is 16.9. The Balaban J connectivity index is 2.91. The maximum absolute atomic E-state index is 5.47. The first-order valence-corrected chi connectivity index (χ1v) is 7.79. The lowest BCUT2D eigenvalue weighted by Crippen LogP contribution is -1.96. The van der Waals surface area contributed by atoms with Crippen LogP contribution >= 0.6 is 0 Å². The van der Waals surface area contributed by atoms with Gasteiger partial charge in [0.2, 0.25) is 0 Å². The molecular weight excluding hydrogens is 236 g/mol. The second-order valence-corrected chi connectivity index (χ2v) is 4.88. The molecule has 0 atom stereocenters. The Hall–Kier alpha value is -0.600. The van der Waals surface area contributed by atoms with Gasteiger partial charge in [-0.05, 0) is 19.3 Å². The maximum atomic E-state index is 5.47. The van der Waals surface area contributed by atoms with E-state index in [1.807, 2.05) is 6.08 Å². The summed E-state index contributed by atoms with van der Waals surface area (Å²) in [5.74, 6) is 0. The normalized spacial score (nSPS) is 10.5. The van der Waals surface area contributed by atoms with Gasteiger partial charge in [-0.2, -0.15) is 0 Å². The number of hydrogen-bond donors (Lipinski definition) is 0. The van der Waals surface area contributed by atoms with Gasteiger partial charge in [-0.3, -0.25) is 0 Å². The van der Waals surface area contributed by atoms with Gasteiger partial charge in [0.15, 0.2) is 0 Å². The average Bonchev–Trinajstić information content (AvgIpc) is 2.43. The highest BCUT2D eigenvalue weighted by molar-refractivity contribution is 4.64. The van der Waals surface area contributed by atoms with E-state index in [-0.39, 0.29) is 0 Å². The molecule has 0 radical (unpaired) electrons. The highest BCUT2D eigenvalue weighted by Crippen LogP contribution is 2.08. The fraction of sp³-hybridized carbons (Fsp3) is 0.765. The van der Waals surface area contributed by atoms with Crippen LogP contribution in [0.1, 0.15) is 57.8 Å². The first-order chi connectivity index (χ1) is 9.41. The molecular formula is C17H32O2. The lowest BCUT2D eigenvalue weighted by molar-refractivity contribution is 0.134. The zero-order valence-electron chi connectivity index (χ0n) is 12.6. The summed E-state index contributed by atoms with van der Waals surface area (Å²) in [4.78, 5) is 0. The standard InChI is InChI=1S/C17H32O2/c1-3-5-15-19-17-13-11-9-7-6-8-10-12-16-18-14-4-2/h3-4H,1-2,5-17H2. The summed E-state index contributed by atoms with van der Waals surface area (Å²) in [5.41, 5.74) is 0. The summed E-state index contributed by atoms with van der Waals surface area (Å²) in [5, 5.41) is 0. The Bertz CT molecular complexity index is 170. The highest BCUT2D eigenvalue weighted by atomic mass is 16.5. The topological polar surface area (TPSA) is 18.5 Å². The Morgan fingerprint density at radius 3 is 1.63 bits per heavy atom. The molecule has 0 spiro atoms. The molecule has 0 aromatic heterocycles. The fourth-order valence-electron chi connectivity index (χ4n) is 1.90. The molecule has 0 N–H and O–H groups in total. The van der Waals surface area contributed by atoms with E-state index < -0.39 is 0 Å². The lowest BCUT2D eigenvalue weighted by Gasteiger charge is -2.04. The van der Waals surface area contributed by atoms with Crippen LogP contribution in [0, 0.1) is 0 Å². The Morgan fingerprint density at radius 2 is 1.11 bits per heavy atom. The van der Waals surface area contributed by atoms with E-state index in [4.69, 9.17) is 9.47 Å². The van der Waals surface area contributed by atoms with Crippen LogP contribution in [0.25, 0.3) is 0 Å². The minimum Gasteiger partial charge on any atom is -0.381 e. The predicted octanol–water partition coefficient (Wildman–Crippen LogP) is 4.90. The molecule has 0 aliphatic rings. The van der Waals surface area contributed by atoms with Crippen molar-refractivity contribution in [2.45, 2.75) is 57.8 Å². The lowest BCUT2D eigenvalue weighted by atomic mass is 10.1. The second-order valence-electron chi connectivity index (χ2n) is 4.88. The van der Waals surface area contributed by atoms with E-state index in [1.165, 1.54) is 51.4 Å². The summed E-state index contributed by atoms with van der Waals surface area (Å²) in [7, 11) is 0. The van der Waals surface area contributed by atoms with E-state index in [0.717, 1.165) is 26.2 Å². The monoisotopic (exact) mass is 268 g/mol. The number of rotatable bonds is 16. The van der Waals surface area contributed by atoms with E-state index >= 15 is 0 Å². The van der Waals surface area contributed by atoms with Crippen molar-refractivity contribution in [1.29, 1.82) is 0 Å². The van der Waals surface area contributed by atoms with Gasteiger partial charge < -0.3 is 9.47 Å². The fourth-order valence-corrected chi connectivity index (χ4v) is 1.90. The first-order valence-electron chi connectivity index (χ1n) is 7.79. The van der Waals surface area contributed by atoms with E-state index in [1.54, 1.807) is 6.08 Å². The molecule has 0 amide bonds. The molecule has 0 fully saturated rings. The molecule has 19 heavy (non-hydrogen) atoms. The van der Waals surface area contributed by atoms with Crippen LogP contribution in [0.15, 0.2) is 25.3 Å². The van der Waals surface area contributed by atoms with E-state index in [9.17, 15) is 0 Å². The van der Waals surface area contributed by atoms with Crippen LogP contribution in [-0.2, 0) is 9.47 Å². The third-order valence-corrected chi connectivity index (χ3v) is 3.03. The summed E-state index contributed by atoms with van der Waals surface area (Å²) in [6.45, 7) is 10.6. The quantitative estimate of drug-likeness (QED) is 0.293. The minimum absolute atomic E-state index is 0.689. The zero-order chi connectivity index (χ0) is 14.0. The third-order valence-electron chi connectivity index (χ3n) is 3.03. The molecule has 0 aliphatic heterocycles. The molecule has 0 rings (SSSR count). The Morgan fingerprint density at radius 1 is 0.579 bits per heavy atom. The van der Waals surface area contributed by atoms with Crippen LogP contribution in [0.3, 0.4) is 0 Å². The van der Waals surface area contributed by atoms with Crippen molar-refractivity contribution in [2.75, 3.05) is 26.4 Å². The van der Waals surface area contributed by atoms with Gasteiger partial charge in [0.1, 0.15) is 0 Å². The van der Waals surface area contributed by atoms with Crippen LogP contribution in [0.5, 0.6) is 0 Å². The third kappa shape index (κ3) is 17.4. The molecule has 2 heteroatoms. The van der Waals surface area contributed by atoms with Crippen molar-refractivity contribution in [2.24, 2.45) is 0 Å². The van der Waals surface area contributed by atoms with Crippen LogP contribution in [-0.4, -0.2) is 26.4 Å². The van der Waals surface area contributed by atoms with Crippen molar-refractivity contribution in [3.63, 3.8) is 0 Å². The molecule has 0 aliphatic carbocycles. The molecule has 0 bridgehead atoms. The second kappa shape index (κ2) is 17.4. The first kappa shape index (κ1) is 18.4. The summed E-state index contributed by atoms with van der Waals surface area (Å²) in [6.07, 6.45) is 15.1. The molecule has 0 heterocycles. The van der Waals surface area contributed by atoms with Gasteiger partial charge in [0.05, 0.1) is 6.61 Å². The van der Waals surface area contributed by atoms with E-state index in [0.29, 0.717) is 6.61 Å². The van der Waals surface area contributed by atoms with Gasteiger partial charge >= 0.3 is 0 Å². The number of unbranched alkanes of at least 4 members (excludes halogenated alkanes) is 7. The Labute approximate surface area is 119 Å².